The van der Waals surface area contributed by atoms with Crippen molar-refractivity contribution in [3.05, 3.63) is 35.9 Å². The first-order valence-electron chi connectivity index (χ1n) is 4.46. The highest BCUT2D eigenvalue weighted by atomic mass is 79.9. The third-order valence-electron chi connectivity index (χ3n) is 2.26. The van der Waals surface area contributed by atoms with E-state index in [4.69, 9.17) is 8.85 Å². The van der Waals surface area contributed by atoms with E-state index in [1.54, 1.807) is 14.2 Å². The number of hydrogen-bond acceptors (Lipinski definition) is 2. The largest absolute Gasteiger partial charge is 0.397 e. The maximum Gasteiger partial charge on any atom is 0.353 e. The molecule has 0 spiro atoms. The summed E-state index contributed by atoms with van der Waals surface area (Å²) >= 11 is 3.46. The molecule has 0 N–H and O–H groups in total. The van der Waals surface area contributed by atoms with Crippen LogP contribution in [0.15, 0.2) is 30.3 Å². The van der Waals surface area contributed by atoms with Gasteiger partial charge in [0.1, 0.15) is 0 Å². The van der Waals surface area contributed by atoms with E-state index in [-0.39, 0.29) is 0 Å². The van der Waals surface area contributed by atoms with Crippen LogP contribution in [0.3, 0.4) is 0 Å². The third kappa shape index (κ3) is 2.92. The summed E-state index contributed by atoms with van der Waals surface area (Å²) in [6.45, 7) is 0. The van der Waals surface area contributed by atoms with Crippen LogP contribution in [-0.2, 0) is 14.9 Å². The molecule has 0 fully saturated rings. The van der Waals surface area contributed by atoms with Gasteiger partial charge in [-0.1, -0.05) is 46.3 Å². The summed E-state index contributed by atoms with van der Waals surface area (Å²) in [6.07, 6.45) is 0. The van der Waals surface area contributed by atoms with Crippen LogP contribution in [0.5, 0.6) is 0 Å². The van der Waals surface area contributed by atoms with Crippen molar-refractivity contribution < 1.29 is 8.85 Å². The van der Waals surface area contributed by atoms with E-state index in [1.165, 1.54) is 5.56 Å². The number of alkyl halides is 1. The fourth-order valence-electron chi connectivity index (χ4n) is 1.29. The lowest BCUT2D eigenvalue weighted by atomic mass is 10.2. The summed E-state index contributed by atoms with van der Waals surface area (Å²) in [5.74, 6) is 0. The lowest BCUT2D eigenvalue weighted by Gasteiger charge is -2.25. The average molecular weight is 275 g/mol. The number of rotatable bonds is 5. The van der Waals surface area contributed by atoms with Crippen LogP contribution in [0, 0.1) is 0 Å². The summed E-state index contributed by atoms with van der Waals surface area (Å²) in [6, 6.07) is 11.2. The molecule has 0 radical (unpaired) electrons. The maximum absolute atomic E-state index is 5.51. The van der Waals surface area contributed by atoms with Crippen molar-refractivity contribution >= 4 is 24.5 Å². The van der Waals surface area contributed by atoms with Crippen molar-refractivity contribution in [2.75, 3.05) is 19.2 Å². The Kier molecular flexibility index (Phi) is 4.81. The molecule has 1 aromatic carbocycles. The van der Waals surface area contributed by atoms with Crippen LogP contribution in [0.2, 0.25) is 0 Å². The predicted molar refractivity (Wildman–Crippen MR) is 63.7 cm³/mol. The van der Waals surface area contributed by atoms with E-state index < -0.39 is 8.56 Å². The minimum absolute atomic E-state index is 0.794. The van der Waals surface area contributed by atoms with Crippen LogP contribution >= 0.6 is 15.9 Å². The zero-order valence-electron chi connectivity index (χ0n) is 8.50. The zero-order valence-corrected chi connectivity index (χ0v) is 11.1. The Morgan fingerprint density at radius 1 is 1.14 bits per heavy atom. The smallest absolute Gasteiger partial charge is 0.353 e. The minimum Gasteiger partial charge on any atom is -0.397 e. The van der Waals surface area contributed by atoms with Gasteiger partial charge in [0.25, 0.3) is 0 Å². The zero-order chi connectivity index (χ0) is 10.4. The van der Waals surface area contributed by atoms with Crippen LogP contribution in [0.4, 0.5) is 0 Å². The van der Waals surface area contributed by atoms with E-state index in [1.807, 2.05) is 18.2 Å². The molecule has 0 heterocycles. The fourth-order valence-corrected chi connectivity index (χ4v) is 4.88. The van der Waals surface area contributed by atoms with E-state index in [0.29, 0.717) is 0 Å². The molecule has 0 atom stereocenters. The van der Waals surface area contributed by atoms with Gasteiger partial charge in [0.15, 0.2) is 0 Å². The Labute approximate surface area is 94.6 Å². The van der Waals surface area contributed by atoms with Crippen LogP contribution in [0.1, 0.15) is 5.56 Å². The lowest BCUT2D eigenvalue weighted by Crippen LogP contribution is -2.45. The van der Waals surface area contributed by atoms with Gasteiger partial charge in [0.05, 0.1) is 0 Å². The number of benzene rings is 1. The van der Waals surface area contributed by atoms with Crippen molar-refractivity contribution in [2.45, 2.75) is 6.04 Å². The van der Waals surface area contributed by atoms with Crippen LogP contribution < -0.4 is 0 Å². The van der Waals surface area contributed by atoms with Crippen molar-refractivity contribution in [1.29, 1.82) is 0 Å². The third-order valence-corrected chi connectivity index (χ3v) is 7.67. The summed E-state index contributed by atoms with van der Waals surface area (Å²) in [5, 5.41) is 0. The van der Waals surface area contributed by atoms with Gasteiger partial charge in [-0.2, -0.15) is 0 Å². The van der Waals surface area contributed by atoms with Gasteiger partial charge in [0, 0.05) is 25.2 Å². The van der Waals surface area contributed by atoms with Crippen molar-refractivity contribution in [3.8, 4) is 0 Å². The molecule has 0 aromatic heterocycles. The van der Waals surface area contributed by atoms with Gasteiger partial charge in [-0.15, -0.1) is 0 Å². The lowest BCUT2D eigenvalue weighted by molar-refractivity contribution is 0.248. The predicted octanol–water partition coefficient (Wildman–Crippen LogP) is 2.44. The normalized spacial score (nSPS) is 11.6. The molecule has 0 saturated heterocycles. The SMILES string of the molecule is CO[Si](CBr)(Cc1ccccc1)OC. The number of hydrogen-bond donors (Lipinski definition) is 0. The maximum atomic E-state index is 5.51. The Balaban J connectivity index is 2.74. The molecule has 78 valence electrons. The standard InChI is InChI=1S/C10H15BrO2Si/c1-12-14(9-11,13-2)8-10-6-4-3-5-7-10/h3-7H,8-9H2,1-2H3. The van der Waals surface area contributed by atoms with Gasteiger partial charge in [-0.3, -0.25) is 0 Å². The molecule has 0 aliphatic rings. The monoisotopic (exact) mass is 274 g/mol. The van der Waals surface area contributed by atoms with Crippen LogP contribution in [-0.4, -0.2) is 27.7 Å². The van der Waals surface area contributed by atoms with E-state index in [0.717, 1.165) is 11.0 Å². The van der Waals surface area contributed by atoms with Gasteiger partial charge in [0.2, 0.25) is 0 Å². The molecular formula is C10H15BrO2Si. The minimum atomic E-state index is -2.04. The molecule has 1 rings (SSSR count). The summed E-state index contributed by atoms with van der Waals surface area (Å²) in [4.78, 5) is 0.794. The van der Waals surface area contributed by atoms with E-state index in [2.05, 4.69) is 28.1 Å². The van der Waals surface area contributed by atoms with E-state index in [9.17, 15) is 0 Å². The quantitative estimate of drug-likeness (QED) is 0.607. The molecule has 0 aliphatic carbocycles. The van der Waals surface area contributed by atoms with Gasteiger partial charge in [-0.25, -0.2) is 0 Å². The number of halogens is 1. The molecule has 1 aromatic rings. The summed E-state index contributed by atoms with van der Waals surface area (Å²) in [7, 11) is 1.40. The van der Waals surface area contributed by atoms with Crippen molar-refractivity contribution in [1.82, 2.24) is 0 Å². The fraction of sp³-hybridized carbons (Fsp3) is 0.400. The Morgan fingerprint density at radius 3 is 2.14 bits per heavy atom. The second-order valence-corrected chi connectivity index (χ2v) is 8.06. The molecule has 0 unspecified atom stereocenters. The first kappa shape index (κ1) is 11.9. The Hall–Kier alpha value is -0.163. The highest BCUT2D eigenvalue weighted by Gasteiger charge is 2.34. The highest BCUT2D eigenvalue weighted by Crippen LogP contribution is 2.15. The van der Waals surface area contributed by atoms with Gasteiger partial charge in [-0.05, 0) is 5.56 Å². The first-order valence-corrected chi connectivity index (χ1v) is 7.82. The molecule has 4 heteroatoms. The molecule has 0 aliphatic heterocycles. The van der Waals surface area contributed by atoms with Crippen molar-refractivity contribution in [3.63, 3.8) is 0 Å². The second-order valence-electron chi connectivity index (χ2n) is 3.11. The van der Waals surface area contributed by atoms with Crippen molar-refractivity contribution in [2.24, 2.45) is 0 Å². The topological polar surface area (TPSA) is 18.5 Å². The Bertz CT molecular complexity index is 254. The molecule has 0 saturated carbocycles. The molecule has 2 nitrogen and oxygen atoms in total. The Morgan fingerprint density at radius 2 is 1.71 bits per heavy atom. The van der Waals surface area contributed by atoms with Gasteiger partial charge >= 0.3 is 8.56 Å². The molecule has 0 amide bonds. The molecule has 0 bridgehead atoms. The average Bonchev–Trinajstić information content (AvgIpc) is 2.28. The van der Waals surface area contributed by atoms with E-state index >= 15 is 0 Å². The molecular weight excluding hydrogens is 260 g/mol. The summed E-state index contributed by atoms with van der Waals surface area (Å²) < 4.78 is 11.0. The van der Waals surface area contributed by atoms with Crippen LogP contribution in [0.25, 0.3) is 0 Å². The molecule has 14 heavy (non-hydrogen) atoms. The second kappa shape index (κ2) is 5.65. The summed E-state index contributed by atoms with van der Waals surface area (Å²) in [5.41, 5.74) is 1.27. The first-order chi connectivity index (χ1) is 6.76. The van der Waals surface area contributed by atoms with Gasteiger partial charge < -0.3 is 8.85 Å². The highest BCUT2D eigenvalue weighted by molar-refractivity contribution is 9.09.